The normalized spacial score (nSPS) is 52.2. The van der Waals surface area contributed by atoms with Crippen molar-refractivity contribution in [2.24, 2.45) is 11.8 Å². The van der Waals surface area contributed by atoms with E-state index in [1.807, 2.05) is 0 Å². The van der Waals surface area contributed by atoms with Crippen LogP contribution in [0, 0.1) is 11.8 Å². The third kappa shape index (κ3) is 0.867. The lowest BCUT2D eigenvalue weighted by molar-refractivity contribution is 0.145. The standard InChI is InChI=1S/C8H14O2/c1-5-2-3-7-8(10-7)6(5)4-9/h5-9H,2-4H2,1H3/t5-,6-,7-,8?/m1/s1. The van der Waals surface area contributed by atoms with Crippen molar-refractivity contribution < 1.29 is 9.84 Å². The molecule has 1 heterocycles. The van der Waals surface area contributed by atoms with Crippen molar-refractivity contribution in [3.63, 3.8) is 0 Å². The summed E-state index contributed by atoms with van der Waals surface area (Å²) in [7, 11) is 0. The Balaban J connectivity index is 2.00. The van der Waals surface area contributed by atoms with E-state index < -0.39 is 0 Å². The minimum Gasteiger partial charge on any atom is -0.396 e. The van der Waals surface area contributed by atoms with Gasteiger partial charge in [0.25, 0.3) is 0 Å². The highest BCUT2D eigenvalue weighted by Crippen LogP contribution is 2.43. The molecule has 0 radical (unpaired) electrons. The fourth-order valence-corrected chi connectivity index (χ4v) is 2.01. The lowest BCUT2D eigenvalue weighted by Gasteiger charge is -2.23. The lowest BCUT2D eigenvalue weighted by atomic mass is 9.81. The van der Waals surface area contributed by atoms with Crippen LogP contribution in [0.2, 0.25) is 0 Å². The van der Waals surface area contributed by atoms with Crippen molar-refractivity contribution in [3.8, 4) is 0 Å². The number of aliphatic hydroxyl groups is 1. The first kappa shape index (κ1) is 6.62. The first-order chi connectivity index (χ1) is 4.83. The van der Waals surface area contributed by atoms with Gasteiger partial charge in [0.2, 0.25) is 0 Å². The van der Waals surface area contributed by atoms with Crippen LogP contribution in [0.3, 0.4) is 0 Å². The van der Waals surface area contributed by atoms with Crippen LogP contribution in [0.1, 0.15) is 19.8 Å². The van der Waals surface area contributed by atoms with E-state index in [9.17, 15) is 0 Å². The van der Waals surface area contributed by atoms with Crippen molar-refractivity contribution in [1.82, 2.24) is 0 Å². The van der Waals surface area contributed by atoms with Crippen LogP contribution in [-0.2, 0) is 4.74 Å². The van der Waals surface area contributed by atoms with Gasteiger partial charge in [-0.3, -0.25) is 0 Å². The Hall–Kier alpha value is -0.0800. The summed E-state index contributed by atoms with van der Waals surface area (Å²) in [5.41, 5.74) is 0. The molecule has 2 aliphatic rings. The summed E-state index contributed by atoms with van der Waals surface area (Å²) >= 11 is 0. The van der Waals surface area contributed by atoms with E-state index in [0.29, 0.717) is 30.7 Å². The molecule has 1 aliphatic heterocycles. The maximum Gasteiger partial charge on any atom is 0.0894 e. The van der Waals surface area contributed by atoms with E-state index in [1.54, 1.807) is 0 Å². The van der Waals surface area contributed by atoms with Crippen molar-refractivity contribution >= 4 is 0 Å². The molecule has 10 heavy (non-hydrogen) atoms. The molecule has 0 spiro atoms. The van der Waals surface area contributed by atoms with Gasteiger partial charge in [0.15, 0.2) is 0 Å². The Labute approximate surface area is 61.2 Å². The van der Waals surface area contributed by atoms with E-state index in [0.717, 1.165) is 0 Å². The maximum atomic E-state index is 8.98. The molecule has 2 rings (SSSR count). The third-order valence-electron chi connectivity index (χ3n) is 2.89. The Bertz CT molecular complexity index is 133. The molecule has 0 amide bonds. The van der Waals surface area contributed by atoms with E-state index in [-0.39, 0.29) is 0 Å². The second kappa shape index (κ2) is 2.21. The van der Waals surface area contributed by atoms with Crippen LogP contribution >= 0.6 is 0 Å². The van der Waals surface area contributed by atoms with Crippen molar-refractivity contribution in [2.45, 2.75) is 32.0 Å². The monoisotopic (exact) mass is 142 g/mol. The van der Waals surface area contributed by atoms with Gasteiger partial charge in [0.05, 0.1) is 12.2 Å². The highest BCUT2D eigenvalue weighted by Gasteiger charge is 2.49. The number of aliphatic hydroxyl groups excluding tert-OH is 1. The van der Waals surface area contributed by atoms with Crippen LogP contribution in [0.15, 0.2) is 0 Å². The number of rotatable bonds is 1. The third-order valence-corrected chi connectivity index (χ3v) is 2.89. The zero-order valence-corrected chi connectivity index (χ0v) is 6.29. The summed E-state index contributed by atoms with van der Waals surface area (Å²) in [4.78, 5) is 0. The molecular formula is C8H14O2. The highest BCUT2D eigenvalue weighted by molar-refractivity contribution is 4.96. The van der Waals surface area contributed by atoms with E-state index in [1.165, 1.54) is 12.8 Å². The Morgan fingerprint density at radius 2 is 2.30 bits per heavy atom. The summed E-state index contributed by atoms with van der Waals surface area (Å²) in [6, 6.07) is 0. The smallest absolute Gasteiger partial charge is 0.0894 e. The zero-order chi connectivity index (χ0) is 7.14. The Morgan fingerprint density at radius 3 is 2.90 bits per heavy atom. The van der Waals surface area contributed by atoms with Crippen molar-refractivity contribution in [3.05, 3.63) is 0 Å². The predicted molar refractivity (Wildman–Crippen MR) is 37.6 cm³/mol. The molecule has 1 N–H and O–H groups in total. The fraction of sp³-hybridized carbons (Fsp3) is 1.00. The first-order valence-corrected chi connectivity index (χ1v) is 4.09. The second-order valence-corrected chi connectivity index (χ2v) is 3.54. The van der Waals surface area contributed by atoms with Gasteiger partial charge in [0.1, 0.15) is 0 Å². The quantitative estimate of drug-likeness (QED) is 0.549. The average molecular weight is 142 g/mol. The summed E-state index contributed by atoms with van der Waals surface area (Å²) < 4.78 is 5.39. The number of epoxide rings is 1. The van der Waals surface area contributed by atoms with Crippen LogP contribution in [0.25, 0.3) is 0 Å². The molecule has 0 aromatic carbocycles. The SMILES string of the molecule is C[C@@H]1CC[C@H]2OC2[C@@H]1CO. The molecule has 2 nitrogen and oxygen atoms in total. The largest absolute Gasteiger partial charge is 0.396 e. The van der Waals surface area contributed by atoms with Gasteiger partial charge < -0.3 is 9.84 Å². The van der Waals surface area contributed by atoms with E-state index in [2.05, 4.69) is 6.92 Å². The topological polar surface area (TPSA) is 32.8 Å². The molecule has 1 saturated carbocycles. The fourth-order valence-electron chi connectivity index (χ4n) is 2.01. The molecule has 1 aliphatic carbocycles. The van der Waals surface area contributed by atoms with Gasteiger partial charge in [-0.15, -0.1) is 0 Å². The van der Waals surface area contributed by atoms with Gasteiger partial charge in [-0.2, -0.15) is 0 Å². The number of hydrogen-bond acceptors (Lipinski definition) is 2. The average Bonchev–Trinajstić information content (AvgIpc) is 2.66. The summed E-state index contributed by atoms with van der Waals surface area (Å²) in [6.45, 7) is 2.51. The molecule has 4 atom stereocenters. The van der Waals surface area contributed by atoms with Crippen molar-refractivity contribution in [1.29, 1.82) is 0 Å². The molecule has 1 saturated heterocycles. The molecule has 2 fully saturated rings. The highest BCUT2D eigenvalue weighted by atomic mass is 16.6. The van der Waals surface area contributed by atoms with Crippen molar-refractivity contribution in [2.75, 3.05) is 6.61 Å². The lowest BCUT2D eigenvalue weighted by Crippen LogP contribution is -2.27. The molecule has 58 valence electrons. The van der Waals surface area contributed by atoms with Gasteiger partial charge in [-0.05, 0) is 18.8 Å². The molecule has 0 bridgehead atoms. The summed E-state index contributed by atoms with van der Waals surface area (Å²) in [5.74, 6) is 1.09. The van der Waals surface area contributed by atoms with Crippen LogP contribution in [0.5, 0.6) is 0 Å². The molecule has 2 heteroatoms. The van der Waals surface area contributed by atoms with E-state index >= 15 is 0 Å². The summed E-state index contributed by atoms with van der Waals surface area (Å²) in [5, 5.41) is 8.98. The van der Waals surface area contributed by atoms with E-state index in [4.69, 9.17) is 9.84 Å². The van der Waals surface area contributed by atoms with Gasteiger partial charge in [0, 0.05) is 12.5 Å². The molecular weight excluding hydrogens is 128 g/mol. The summed E-state index contributed by atoms with van der Waals surface area (Å²) in [6.07, 6.45) is 3.36. The van der Waals surface area contributed by atoms with Gasteiger partial charge in [-0.1, -0.05) is 6.92 Å². The molecule has 1 unspecified atom stereocenters. The molecule has 0 aromatic heterocycles. The van der Waals surface area contributed by atoms with Crippen LogP contribution in [-0.4, -0.2) is 23.9 Å². The number of fused-ring (bicyclic) bond motifs is 1. The molecule has 0 aromatic rings. The Morgan fingerprint density at radius 1 is 1.50 bits per heavy atom. The zero-order valence-electron chi connectivity index (χ0n) is 6.29. The number of hydrogen-bond donors (Lipinski definition) is 1. The minimum absolute atomic E-state index is 0.308. The second-order valence-electron chi connectivity index (χ2n) is 3.54. The first-order valence-electron chi connectivity index (χ1n) is 4.09. The van der Waals surface area contributed by atoms with Crippen LogP contribution in [0.4, 0.5) is 0 Å². The van der Waals surface area contributed by atoms with Crippen LogP contribution < -0.4 is 0 Å². The van der Waals surface area contributed by atoms with Gasteiger partial charge in [-0.25, -0.2) is 0 Å². The Kier molecular flexibility index (Phi) is 1.46. The van der Waals surface area contributed by atoms with Gasteiger partial charge >= 0.3 is 0 Å². The minimum atomic E-state index is 0.308. The maximum absolute atomic E-state index is 8.98. The predicted octanol–water partition coefficient (Wildman–Crippen LogP) is 0.792. The number of ether oxygens (including phenoxy) is 1.